The van der Waals surface area contributed by atoms with Crippen molar-refractivity contribution in [1.29, 1.82) is 5.26 Å². The highest BCUT2D eigenvalue weighted by molar-refractivity contribution is 8.03. The molecule has 1 amide bonds. The summed E-state index contributed by atoms with van der Waals surface area (Å²) in [5.41, 5.74) is 3.05. The van der Waals surface area contributed by atoms with Crippen LogP contribution in [0.4, 0.5) is 5.69 Å². The number of nitriles is 1. The van der Waals surface area contributed by atoms with Crippen molar-refractivity contribution in [2.75, 3.05) is 11.1 Å². The van der Waals surface area contributed by atoms with E-state index in [2.05, 4.69) is 16.7 Å². The van der Waals surface area contributed by atoms with E-state index in [0.29, 0.717) is 48.7 Å². The standard InChI is InChI=1S/C28H21Cl2N3O2S/c1-17-25(27(35)33-20-13-11-19(29)12-14-20)26(21-9-5-6-10-23(21)30)22(15-31)28(32-17)36-16-24(34)18-7-3-2-4-8-18/h2-14,26,32H,16H2,1H3,(H,33,35). The Bertz CT molecular complexity index is 1410. The third kappa shape index (κ3) is 5.66. The number of ketones is 1. The summed E-state index contributed by atoms with van der Waals surface area (Å²) in [6, 6.07) is 25.1. The Hall–Kier alpha value is -3.50. The minimum Gasteiger partial charge on any atom is -0.353 e. The predicted molar refractivity (Wildman–Crippen MR) is 146 cm³/mol. The number of nitrogens with one attached hydrogen (secondary N) is 2. The molecule has 0 aromatic heterocycles. The van der Waals surface area contributed by atoms with Crippen molar-refractivity contribution < 1.29 is 9.59 Å². The van der Waals surface area contributed by atoms with Crippen molar-refractivity contribution in [3.05, 3.63) is 122 Å². The molecule has 0 saturated carbocycles. The van der Waals surface area contributed by atoms with E-state index in [0.717, 1.165) is 0 Å². The molecule has 5 nitrogen and oxygen atoms in total. The van der Waals surface area contributed by atoms with Crippen molar-refractivity contribution >= 4 is 52.3 Å². The van der Waals surface area contributed by atoms with Gasteiger partial charge in [0.1, 0.15) is 0 Å². The number of thioether (sulfide) groups is 1. The van der Waals surface area contributed by atoms with Crippen molar-refractivity contribution in [2.45, 2.75) is 12.8 Å². The highest BCUT2D eigenvalue weighted by Crippen LogP contribution is 2.43. The van der Waals surface area contributed by atoms with E-state index >= 15 is 0 Å². The Balaban J connectivity index is 1.70. The highest BCUT2D eigenvalue weighted by atomic mass is 35.5. The number of anilines is 1. The predicted octanol–water partition coefficient (Wildman–Crippen LogP) is 6.94. The van der Waals surface area contributed by atoms with Gasteiger partial charge in [0, 0.05) is 32.6 Å². The lowest BCUT2D eigenvalue weighted by Crippen LogP contribution is -2.31. The lowest BCUT2D eigenvalue weighted by molar-refractivity contribution is -0.113. The fraction of sp³-hybridized carbons (Fsp3) is 0.107. The van der Waals surface area contributed by atoms with Gasteiger partial charge < -0.3 is 10.6 Å². The minimum absolute atomic E-state index is 0.0607. The van der Waals surface area contributed by atoms with Gasteiger partial charge in [-0.1, -0.05) is 83.5 Å². The third-order valence-corrected chi connectivity index (χ3v) is 7.27. The maximum Gasteiger partial charge on any atom is 0.254 e. The topological polar surface area (TPSA) is 82.0 Å². The third-order valence-electron chi connectivity index (χ3n) is 5.65. The molecule has 1 atom stereocenters. The van der Waals surface area contributed by atoms with Crippen molar-refractivity contribution in [1.82, 2.24) is 5.32 Å². The summed E-state index contributed by atoms with van der Waals surface area (Å²) in [5, 5.41) is 17.8. The van der Waals surface area contributed by atoms with Crippen LogP contribution in [0.3, 0.4) is 0 Å². The number of carbonyl (C=O) groups is 2. The second-order valence-electron chi connectivity index (χ2n) is 8.01. The Labute approximate surface area is 223 Å². The first-order valence-electron chi connectivity index (χ1n) is 11.0. The molecule has 8 heteroatoms. The number of dihydropyridines is 1. The molecule has 0 bridgehead atoms. The molecule has 0 radical (unpaired) electrons. The zero-order valence-electron chi connectivity index (χ0n) is 19.2. The SMILES string of the molecule is CC1=C(C(=O)Nc2ccc(Cl)cc2)C(c2ccccc2Cl)C(C#N)=C(SCC(=O)c2ccccc2)N1. The van der Waals surface area contributed by atoms with Gasteiger partial charge in [-0.15, -0.1) is 0 Å². The van der Waals surface area contributed by atoms with Crippen LogP contribution in [0.15, 0.2) is 101 Å². The van der Waals surface area contributed by atoms with E-state index in [1.165, 1.54) is 11.8 Å². The molecule has 1 aliphatic heterocycles. The van der Waals surface area contributed by atoms with E-state index in [1.807, 2.05) is 24.3 Å². The monoisotopic (exact) mass is 533 g/mol. The summed E-state index contributed by atoms with van der Waals surface area (Å²) in [4.78, 5) is 26.2. The van der Waals surface area contributed by atoms with E-state index in [-0.39, 0.29) is 17.4 Å². The second-order valence-corrected chi connectivity index (χ2v) is 9.84. The van der Waals surface area contributed by atoms with Gasteiger partial charge in [-0.05, 0) is 42.8 Å². The molecular weight excluding hydrogens is 513 g/mol. The number of benzene rings is 3. The molecule has 0 fully saturated rings. The first-order chi connectivity index (χ1) is 17.4. The molecular formula is C28H21Cl2N3O2S. The van der Waals surface area contributed by atoms with E-state index in [4.69, 9.17) is 23.2 Å². The van der Waals surface area contributed by atoms with E-state index < -0.39 is 5.92 Å². The average molecular weight is 534 g/mol. The van der Waals surface area contributed by atoms with Crippen LogP contribution < -0.4 is 10.6 Å². The van der Waals surface area contributed by atoms with Crippen LogP contribution in [0.25, 0.3) is 0 Å². The number of nitrogens with zero attached hydrogens (tertiary/aromatic N) is 1. The van der Waals surface area contributed by atoms with Gasteiger partial charge in [-0.3, -0.25) is 9.59 Å². The van der Waals surface area contributed by atoms with Crippen LogP contribution in [0.5, 0.6) is 0 Å². The number of hydrogen-bond acceptors (Lipinski definition) is 5. The Kier molecular flexibility index (Phi) is 8.17. The molecule has 4 rings (SSSR count). The number of amides is 1. The van der Waals surface area contributed by atoms with Gasteiger partial charge in [0.2, 0.25) is 0 Å². The molecule has 1 unspecified atom stereocenters. The number of allylic oxidation sites excluding steroid dienone is 2. The molecule has 1 heterocycles. The van der Waals surface area contributed by atoms with Crippen LogP contribution in [0, 0.1) is 11.3 Å². The highest BCUT2D eigenvalue weighted by Gasteiger charge is 2.36. The van der Waals surface area contributed by atoms with Gasteiger partial charge in [-0.2, -0.15) is 5.26 Å². The van der Waals surface area contributed by atoms with Gasteiger partial charge >= 0.3 is 0 Å². The summed E-state index contributed by atoms with van der Waals surface area (Å²) in [6.07, 6.45) is 0. The van der Waals surface area contributed by atoms with Crippen LogP contribution in [-0.4, -0.2) is 17.4 Å². The van der Waals surface area contributed by atoms with Gasteiger partial charge in [0.05, 0.1) is 28.3 Å². The number of halogens is 2. The molecule has 3 aromatic rings. The van der Waals surface area contributed by atoms with Crippen LogP contribution in [-0.2, 0) is 4.79 Å². The summed E-state index contributed by atoms with van der Waals surface area (Å²) >= 11 is 13.8. The number of carbonyl (C=O) groups excluding carboxylic acids is 2. The zero-order chi connectivity index (χ0) is 25.7. The van der Waals surface area contributed by atoms with Gasteiger partial charge in [-0.25, -0.2) is 0 Å². The quantitative estimate of drug-likeness (QED) is 0.321. The van der Waals surface area contributed by atoms with Crippen molar-refractivity contribution in [2.24, 2.45) is 0 Å². The summed E-state index contributed by atoms with van der Waals surface area (Å²) < 4.78 is 0. The number of hydrogen-bond donors (Lipinski definition) is 2. The fourth-order valence-electron chi connectivity index (χ4n) is 3.92. The molecule has 3 aromatic carbocycles. The van der Waals surface area contributed by atoms with Crippen LogP contribution in [0.1, 0.15) is 28.8 Å². The normalized spacial score (nSPS) is 15.2. The molecule has 0 spiro atoms. The second kappa shape index (κ2) is 11.5. The van der Waals surface area contributed by atoms with Crippen LogP contribution in [0.2, 0.25) is 10.0 Å². The smallest absolute Gasteiger partial charge is 0.254 e. The van der Waals surface area contributed by atoms with E-state index in [9.17, 15) is 14.9 Å². The van der Waals surface area contributed by atoms with E-state index in [1.54, 1.807) is 61.5 Å². The molecule has 180 valence electrons. The molecule has 1 aliphatic rings. The first kappa shape index (κ1) is 25.6. The molecule has 36 heavy (non-hydrogen) atoms. The summed E-state index contributed by atoms with van der Waals surface area (Å²) in [7, 11) is 0. The summed E-state index contributed by atoms with van der Waals surface area (Å²) in [5.74, 6) is -1.02. The Morgan fingerprint density at radius 1 is 1.00 bits per heavy atom. The number of Topliss-reactive ketones (excluding diaryl/α,β-unsaturated/α-hetero) is 1. The largest absolute Gasteiger partial charge is 0.353 e. The minimum atomic E-state index is -0.716. The zero-order valence-corrected chi connectivity index (χ0v) is 21.5. The molecule has 0 saturated heterocycles. The van der Waals surface area contributed by atoms with Crippen molar-refractivity contribution in [3.63, 3.8) is 0 Å². The van der Waals surface area contributed by atoms with Gasteiger partial charge in [0.15, 0.2) is 5.78 Å². The average Bonchev–Trinajstić information content (AvgIpc) is 2.89. The molecule has 0 aliphatic carbocycles. The van der Waals surface area contributed by atoms with Crippen molar-refractivity contribution in [3.8, 4) is 6.07 Å². The Morgan fingerprint density at radius 2 is 1.67 bits per heavy atom. The maximum atomic E-state index is 13.5. The molecule has 2 N–H and O–H groups in total. The Morgan fingerprint density at radius 3 is 2.33 bits per heavy atom. The lowest BCUT2D eigenvalue weighted by Gasteiger charge is -2.30. The first-order valence-corrected chi connectivity index (χ1v) is 12.8. The lowest BCUT2D eigenvalue weighted by atomic mass is 9.82. The van der Waals surface area contributed by atoms with Crippen LogP contribution >= 0.6 is 35.0 Å². The summed E-state index contributed by atoms with van der Waals surface area (Å²) in [6.45, 7) is 1.77. The number of rotatable bonds is 7. The maximum absolute atomic E-state index is 13.5. The fourth-order valence-corrected chi connectivity index (χ4v) is 5.28. The van der Waals surface area contributed by atoms with Gasteiger partial charge in [0.25, 0.3) is 5.91 Å².